The Hall–Kier alpha value is -2.29. The maximum atomic E-state index is 5.88. The second-order valence-corrected chi connectivity index (χ2v) is 4.69. The Morgan fingerprint density at radius 1 is 0.895 bits per heavy atom. The van der Waals surface area contributed by atoms with Crippen LogP contribution in [-0.4, -0.2) is 6.10 Å². The highest BCUT2D eigenvalue weighted by molar-refractivity contribution is 5.89. The Labute approximate surface area is 111 Å². The van der Waals surface area contributed by atoms with Crippen LogP contribution in [0.15, 0.2) is 58.1 Å². The summed E-state index contributed by atoms with van der Waals surface area (Å²) in [6.07, 6.45) is 0.0506. The van der Waals surface area contributed by atoms with E-state index in [1.54, 1.807) is 0 Å². The van der Waals surface area contributed by atoms with E-state index in [1.165, 1.54) is 0 Å². The number of hydrogen-bond donors (Lipinski definition) is 0. The molecule has 0 amide bonds. The fourth-order valence-corrected chi connectivity index (χ4v) is 2.02. The van der Waals surface area contributed by atoms with Crippen molar-refractivity contribution in [3.05, 3.63) is 53.9 Å². The maximum absolute atomic E-state index is 5.88. The first-order valence-corrected chi connectivity index (χ1v) is 6.36. The Kier molecular flexibility index (Phi) is 2.95. The minimum absolute atomic E-state index is 0.0506. The first-order chi connectivity index (χ1) is 9.25. The highest BCUT2D eigenvalue weighted by atomic mass is 16.6. The first-order valence-electron chi connectivity index (χ1n) is 6.36. The Morgan fingerprint density at radius 2 is 1.42 bits per heavy atom. The summed E-state index contributed by atoms with van der Waals surface area (Å²) in [7, 11) is 0. The summed E-state index contributed by atoms with van der Waals surface area (Å²) in [4.78, 5) is 5.43. The monoisotopic (exact) mass is 253 g/mol. The number of para-hydroxylation sites is 2. The van der Waals surface area contributed by atoms with Gasteiger partial charge in [-0.15, -0.1) is 0 Å². The van der Waals surface area contributed by atoms with Gasteiger partial charge in [-0.05, 0) is 38.1 Å². The molecule has 0 saturated heterocycles. The van der Waals surface area contributed by atoms with Crippen molar-refractivity contribution in [2.75, 3.05) is 0 Å². The van der Waals surface area contributed by atoms with Crippen LogP contribution in [0.3, 0.4) is 0 Å². The smallest absolute Gasteiger partial charge is 0.137 e. The lowest BCUT2D eigenvalue weighted by atomic mass is 10.1. The first kappa shape index (κ1) is 11.8. The van der Waals surface area contributed by atoms with Gasteiger partial charge in [-0.2, -0.15) is 0 Å². The van der Waals surface area contributed by atoms with Crippen LogP contribution in [-0.2, 0) is 4.84 Å². The summed E-state index contributed by atoms with van der Waals surface area (Å²) >= 11 is 0. The third kappa shape index (κ3) is 2.19. The van der Waals surface area contributed by atoms with Gasteiger partial charge in [-0.3, -0.25) is 0 Å². The summed E-state index contributed by atoms with van der Waals surface area (Å²) in [5.74, 6) is 0. The predicted molar refractivity (Wildman–Crippen MR) is 75.5 cm³/mol. The van der Waals surface area contributed by atoms with Crippen molar-refractivity contribution in [3.63, 3.8) is 0 Å². The normalized spacial score (nSPS) is 11.1. The summed E-state index contributed by atoms with van der Waals surface area (Å²) < 4.78 is 5.88. The van der Waals surface area contributed by atoms with Crippen molar-refractivity contribution in [1.29, 1.82) is 0 Å². The quantitative estimate of drug-likeness (QED) is 0.514. The molecule has 0 spiro atoms. The van der Waals surface area contributed by atoms with Crippen LogP contribution >= 0.6 is 0 Å². The fourth-order valence-electron chi connectivity index (χ4n) is 2.02. The van der Waals surface area contributed by atoms with E-state index in [2.05, 4.69) is 5.16 Å². The van der Waals surface area contributed by atoms with Crippen molar-refractivity contribution in [3.8, 4) is 0 Å². The number of hydrogen-bond acceptors (Lipinski definition) is 3. The third-order valence-corrected chi connectivity index (χ3v) is 2.86. The average Bonchev–Trinajstić information content (AvgIpc) is 2.43. The van der Waals surface area contributed by atoms with Crippen molar-refractivity contribution in [2.24, 2.45) is 5.16 Å². The van der Waals surface area contributed by atoms with Gasteiger partial charge in [0.05, 0.1) is 0 Å². The molecule has 0 fully saturated rings. The largest absolute Gasteiger partial charge is 0.456 e. The molecule has 19 heavy (non-hydrogen) atoms. The molecule has 0 aliphatic carbocycles. The Bertz CT molecular complexity index is 730. The topological polar surface area (TPSA) is 34.7 Å². The lowest BCUT2D eigenvalue weighted by Gasteiger charge is -2.05. The number of rotatable bonds is 2. The zero-order valence-corrected chi connectivity index (χ0v) is 11.0. The van der Waals surface area contributed by atoms with E-state index in [-0.39, 0.29) is 6.10 Å². The average molecular weight is 253 g/mol. The molecule has 0 unspecified atom stereocenters. The van der Waals surface area contributed by atoms with E-state index in [1.807, 2.05) is 62.4 Å². The van der Waals surface area contributed by atoms with Gasteiger partial charge < -0.3 is 9.25 Å². The van der Waals surface area contributed by atoms with E-state index < -0.39 is 0 Å². The molecule has 3 rings (SSSR count). The van der Waals surface area contributed by atoms with Gasteiger partial charge in [0.15, 0.2) is 0 Å². The lowest BCUT2D eigenvalue weighted by molar-refractivity contribution is 0.0777. The molecule has 0 aliphatic rings. The summed E-state index contributed by atoms with van der Waals surface area (Å²) in [5.41, 5.74) is 1.62. The van der Waals surface area contributed by atoms with Crippen molar-refractivity contribution >= 4 is 21.9 Å². The Balaban J connectivity index is 2.43. The van der Waals surface area contributed by atoms with Crippen LogP contribution in [0.2, 0.25) is 0 Å². The molecule has 2 aromatic carbocycles. The zero-order chi connectivity index (χ0) is 13.2. The SMILES string of the molecule is CC(C)ON=c1c2ccccc2oc2ccccc12. The lowest BCUT2D eigenvalue weighted by Crippen LogP contribution is -2.08. The number of benzene rings is 2. The third-order valence-electron chi connectivity index (χ3n) is 2.86. The van der Waals surface area contributed by atoms with Gasteiger partial charge in [-0.1, -0.05) is 29.4 Å². The van der Waals surface area contributed by atoms with Crippen LogP contribution in [0.4, 0.5) is 0 Å². The van der Waals surface area contributed by atoms with Crippen molar-refractivity contribution in [2.45, 2.75) is 20.0 Å². The highest BCUT2D eigenvalue weighted by Crippen LogP contribution is 2.18. The van der Waals surface area contributed by atoms with Gasteiger partial charge in [-0.25, -0.2) is 0 Å². The molecular formula is C16H15NO2. The van der Waals surface area contributed by atoms with Crippen LogP contribution in [0.1, 0.15) is 13.8 Å². The second kappa shape index (κ2) is 4.76. The van der Waals surface area contributed by atoms with E-state index >= 15 is 0 Å². The van der Waals surface area contributed by atoms with E-state index in [4.69, 9.17) is 9.25 Å². The molecule has 3 heteroatoms. The van der Waals surface area contributed by atoms with E-state index in [0.717, 1.165) is 27.3 Å². The van der Waals surface area contributed by atoms with Crippen LogP contribution in [0.5, 0.6) is 0 Å². The molecule has 3 aromatic rings. The van der Waals surface area contributed by atoms with Crippen LogP contribution < -0.4 is 5.36 Å². The summed E-state index contributed by atoms with van der Waals surface area (Å²) in [5, 5.41) is 7.05. The van der Waals surface area contributed by atoms with Crippen molar-refractivity contribution in [1.82, 2.24) is 0 Å². The summed E-state index contributed by atoms with van der Waals surface area (Å²) in [6.45, 7) is 3.92. The Morgan fingerprint density at radius 3 is 1.95 bits per heavy atom. The standard InChI is InChI=1S/C16H15NO2/c1-11(2)19-17-16-12-7-3-5-9-14(12)18-15-10-6-4-8-13(15)16/h3-11H,1-2H3. The molecule has 0 radical (unpaired) electrons. The van der Waals surface area contributed by atoms with E-state index in [0.29, 0.717) is 0 Å². The highest BCUT2D eigenvalue weighted by Gasteiger charge is 2.05. The molecule has 3 nitrogen and oxygen atoms in total. The van der Waals surface area contributed by atoms with Gasteiger partial charge in [0, 0.05) is 10.8 Å². The van der Waals surface area contributed by atoms with Crippen molar-refractivity contribution < 1.29 is 9.25 Å². The van der Waals surface area contributed by atoms with Gasteiger partial charge in [0.1, 0.15) is 22.6 Å². The van der Waals surface area contributed by atoms with Gasteiger partial charge >= 0.3 is 0 Å². The second-order valence-electron chi connectivity index (χ2n) is 4.69. The fraction of sp³-hybridized carbons (Fsp3) is 0.188. The maximum Gasteiger partial charge on any atom is 0.137 e. The molecule has 96 valence electrons. The molecular weight excluding hydrogens is 238 g/mol. The van der Waals surface area contributed by atoms with E-state index in [9.17, 15) is 0 Å². The zero-order valence-electron chi connectivity index (χ0n) is 11.0. The molecule has 0 N–H and O–H groups in total. The molecule has 0 aliphatic heterocycles. The van der Waals surface area contributed by atoms with Gasteiger partial charge in [0.2, 0.25) is 0 Å². The number of fused-ring (bicyclic) bond motifs is 2. The predicted octanol–water partition coefficient (Wildman–Crippen LogP) is 3.83. The number of nitrogens with zero attached hydrogens (tertiary/aromatic N) is 1. The summed E-state index contributed by atoms with van der Waals surface area (Å²) in [6, 6.07) is 15.7. The van der Waals surface area contributed by atoms with Gasteiger partial charge in [0.25, 0.3) is 0 Å². The molecule has 0 bridgehead atoms. The van der Waals surface area contributed by atoms with Crippen LogP contribution in [0, 0.1) is 0 Å². The van der Waals surface area contributed by atoms with Crippen LogP contribution in [0.25, 0.3) is 21.9 Å². The molecule has 1 aromatic heterocycles. The minimum atomic E-state index is 0.0506. The minimum Gasteiger partial charge on any atom is -0.456 e. The molecule has 0 atom stereocenters. The molecule has 0 saturated carbocycles. The molecule has 1 heterocycles.